The Labute approximate surface area is 149 Å². The number of methoxy groups -OCH3 is 1. The fraction of sp³-hybridized carbons (Fsp3) is 0.667. The molecule has 0 fully saturated rings. The Balaban J connectivity index is 2.05. The van der Waals surface area contributed by atoms with Crippen molar-refractivity contribution in [1.29, 1.82) is 0 Å². The molecule has 1 aliphatic rings. The Hall–Kier alpha value is -2.02. The van der Waals surface area contributed by atoms with Crippen molar-refractivity contribution >= 4 is 12.0 Å². The molecule has 1 atom stereocenters. The molecule has 1 aromatic heterocycles. The summed E-state index contributed by atoms with van der Waals surface area (Å²) in [6.07, 6.45) is 1.53. The minimum atomic E-state index is -0.606. The molecule has 0 aromatic carbocycles. The molecule has 25 heavy (non-hydrogen) atoms. The lowest BCUT2D eigenvalue weighted by Gasteiger charge is -2.36. The summed E-state index contributed by atoms with van der Waals surface area (Å²) >= 11 is 0. The van der Waals surface area contributed by atoms with Crippen LogP contribution in [0.25, 0.3) is 0 Å². The van der Waals surface area contributed by atoms with Crippen molar-refractivity contribution in [2.75, 3.05) is 33.4 Å². The van der Waals surface area contributed by atoms with E-state index in [-0.39, 0.29) is 18.5 Å². The largest absolute Gasteiger partial charge is 0.444 e. The molecule has 0 spiro atoms. The van der Waals surface area contributed by atoms with Crippen LogP contribution in [0.2, 0.25) is 0 Å². The maximum Gasteiger partial charge on any atom is 0.410 e. The zero-order valence-corrected chi connectivity index (χ0v) is 15.8. The second kappa shape index (κ2) is 7.91. The number of carbonyl (C=O) groups excluding carboxylic acids is 2. The summed E-state index contributed by atoms with van der Waals surface area (Å²) < 4.78 is 12.6. The van der Waals surface area contributed by atoms with Crippen LogP contribution in [0, 0.1) is 0 Å². The lowest BCUT2D eigenvalue weighted by molar-refractivity contribution is -0.135. The van der Waals surface area contributed by atoms with Crippen LogP contribution in [0.1, 0.15) is 39.4 Å². The maximum absolute atomic E-state index is 12.8. The van der Waals surface area contributed by atoms with E-state index in [9.17, 15) is 9.59 Å². The molecule has 2 rings (SSSR count). The Morgan fingerprint density at radius 3 is 2.68 bits per heavy atom. The molecule has 2 amide bonds. The summed E-state index contributed by atoms with van der Waals surface area (Å²) in [4.78, 5) is 28.4. The van der Waals surface area contributed by atoms with Gasteiger partial charge in [-0.05, 0) is 39.8 Å². The number of hydrogen-bond donors (Lipinski definition) is 0. The smallest absolute Gasteiger partial charge is 0.410 e. The van der Waals surface area contributed by atoms with E-state index in [1.165, 1.54) is 4.90 Å². The normalized spacial score (nSPS) is 17.2. The summed E-state index contributed by atoms with van der Waals surface area (Å²) in [6, 6.07) is 4.01. The van der Waals surface area contributed by atoms with Gasteiger partial charge in [0, 0.05) is 38.6 Å². The van der Waals surface area contributed by atoms with E-state index < -0.39 is 11.7 Å². The molecule has 1 aliphatic heterocycles. The van der Waals surface area contributed by atoms with Crippen LogP contribution in [0.4, 0.5) is 4.79 Å². The average Bonchev–Trinajstić information content (AvgIpc) is 2.99. The molecule has 0 radical (unpaired) electrons. The molecule has 0 saturated heterocycles. The number of amides is 2. The highest BCUT2D eigenvalue weighted by atomic mass is 16.6. The number of nitrogens with zero attached hydrogens (tertiary/aromatic N) is 3. The maximum atomic E-state index is 12.8. The zero-order chi connectivity index (χ0) is 18.6. The number of carbonyl (C=O) groups is 2. The predicted octanol–water partition coefficient (Wildman–Crippen LogP) is 2.27. The fourth-order valence-corrected chi connectivity index (χ4v) is 2.94. The van der Waals surface area contributed by atoms with Gasteiger partial charge in [-0.25, -0.2) is 4.79 Å². The van der Waals surface area contributed by atoms with E-state index in [0.29, 0.717) is 19.7 Å². The van der Waals surface area contributed by atoms with Crippen molar-refractivity contribution in [3.8, 4) is 0 Å². The molecule has 7 nitrogen and oxygen atoms in total. The highest BCUT2D eigenvalue weighted by Gasteiger charge is 2.30. The lowest BCUT2D eigenvalue weighted by atomic mass is 10.1. The van der Waals surface area contributed by atoms with Crippen molar-refractivity contribution in [2.45, 2.75) is 45.9 Å². The van der Waals surface area contributed by atoms with Gasteiger partial charge in [-0.1, -0.05) is 0 Å². The molecule has 1 aromatic rings. The molecule has 0 N–H and O–H groups in total. The summed E-state index contributed by atoms with van der Waals surface area (Å²) in [5.74, 6) is -0.0816. The third-order valence-electron chi connectivity index (χ3n) is 4.21. The Kier molecular flexibility index (Phi) is 6.11. The second-order valence-electron chi connectivity index (χ2n) is 7.28. The first-order valence-corrected chi connectivity index (χ1v) is 8.64. The van der Waals surface area contributed by atoms with Crippen LogP contribution in [0.15, 0.2) is 18.3 Å². The molecular weight excluding hydrogens is 322 g/mol. The number of aromatic nitrogens is 1. The summed E-state index contributed by atoms with van der Waals surface area (Å²) in [5.41, 5.74) is 0.505. The first kappa shape index (κ1) is 19.3. The van der Waals surface area contributed by atoms with Crippen molar-refractivity contribution in [1.82, 2.24) is 14.4 Å². The van der Waals surface area contributed by atoms with Gasteiger partial charge in [0.1, 0.15) is 12.1 Å². The van der Waals surface area contributed by atoms with Crippen LogP contribution >= 0.6 is 0 Å². The van der Waals surface area contributed by atoms with E-state index in [1.54, 1.807) is 7.11 Å². The third-order valence-corrected chi connectivity index (χ3v) is 4.21. The minimum absolute atomic E-state index is 0.0106. The van der Waals surface area contributed by atoms with Crippen LogP contribution < -0.4 is 0 Å². The molecular formula is C18H29N3O4. The van der Waals surface area contributed by atoms with Gasteiger partial charge in [0.2, 0.25) is 5.91 Å². The Bertz CT molecular complexity index is 606. The minimum Gasteiger partial charge on any atom is -0.444 e. The van der Waals surface area contributed by atoms with Crippen LogP contribution in [-0.4, -0.2) is 65.3 Å². The summed E-state index contributed by atoms with van der Waals surface area (Å²) in [7, 11) is 1.57. The van der Waals surface area contributed by atoms with Gasteiger partial charge in [0.05, 0.1) is 12.6 Å². The number of ether oxygens (including phenoxy) is 2. The lowest BCUT2D eigenvalue weighted by Crippen LogP contribution is -2.48. The molecule has 7 heteroatoms. The molecule has 0 aliphatic carbocycles. The summed E-state index contributed by atoms with van der Waals surface area (Å²) in [6.45, 7) is 9.49. The van der Waals surface area contributed by atoms with Gasteiger partial charge in [-0.2, -0.15) is 0 Å². The van der Waals surface area contributed by atoms with Crippen molar-refractivity contribution in [2.24, 2.45) is 0 Å². The number of fused-ring (bicyclic) bond motifs is 1. The van der Waals surface area contributed by atoms with E-state index in [2.05, 4.69) is 4.57 Å². The number of rotatable bonds is 5. The van der Waals surface area contributed by atoms with Gasteiger partial charge in [-0.15, -0.1) is 0 Å². The van der Waals surface area contributed by atoms with Gasteiger partial charge in [-0.3, -0.25) is 9.69 Å². The Morgan fingerprint density at radius 2 is 2.04 bits per heavy atom. The highest BCUT2D eigenvalue weighted by Crippen LogP contribution is 2.25. The highest BCUT2D eigenvalue weighted by molar-refractivity contribution is 5.83. The van der Waals surface area contributed by atoms with E-state index in [1.807, 2.05) is 50.9 Å². The zero-order valence-electron chi connectivity index (χ0n) is 15.8. The van der Waals surface area contributed by atoms with Crippen LogP contribution in [-0.2, 0) is 20.8 Å². The molecule has 0 bridgehead atoms. The average molecular weight is 351 g/mol. The quantitative estimate of drug-likeness (QED) is 0.816. The molecule has 1 unspecified atom stereocenters. The third kappa shape index (κ3) is 4.98. The van der Waals surface area contributed by atoms with E-state index in [0.717, 1.165) is 12.2 Å². The first-order valence-electron chi connectivity index (χ1n) is 8.64. The van der Waals surface area contributed by atoms with Gasteiger partial charge >= 0.3 is 6.09 Å². The molecule has 140 valence electrons. The topological polar surface area (TPSA) is 64.0 Å². The number of hydrogen-bond acceptors (Lipinski definition) is 4. The first-order chi connectivity index (χ1) is 11.7. The molecule has 2 heterocycles. The van der Waals surface area contributed by atoms with Gasteiger partial charge < -0.3 is 18.9 Å². The monoisotopic (exact) mass is 351 g/mol. The second-order valence-corrected chi connectivity index (χ2v) is 7.28. The van der Waals surface area contributed by atoms with Crippen LogP contribution in [0.3, 0.4) is 0 Å². The van der Waals surface area contributed by atoms with Crippen molar-refractivity contribution in [3.05, 3.63) is 24.0 Å². The molecule has 0 saturated carbocycles. The van der Waals surface area contributed by atoms with Crippen molar-refractivity contribution in [3.63, 3.8) is 0 Å². The predicted molar refractivity (Wildman–Crippen MR) is 94.2 cm³/mol. The standard InChI is InChI=1S/C18H29N3O4/c1-14-15-7-6-8-19(15)9-10-21(14)16(22)13-20(11-12-24-5)17(23)25-18(2,3)4/h6-8,14H,9-13H2,1-5H3. The SMILES string of the molecule is COCCN(CC(=O)N1CCn2cccc2C1C)C(=O)OC(C)(C)C. The van der Waals surface area contributed by atoms with E-state index >= 15 is 0 Å². The van der Waals surface area contributed by atoms with Gasteiger partial charge in [0.15, 0.2) is 0 Å². The van der Waals surface area contributed by atoms with Crippen molar-refractivity contribution < 1.29 is 19.1 Å². The van der Waals surface area contributed by atoms with E-state index in [4.69, 9.17) is 9.47 Å². The fourth-order valence-electron chi connectivity index (χ4n) is 2.94. The van der Waals surface area contributed by atoms with Gasteiger partial charge in [0.25, 0.3) is 0 Å². The summed E-state index contributed by atoms with van der Waals surface area (Å²) in [5, 5.41) is 0. The Morgan fingerprint density at radius 1 is 1.32 bits per heavy atom. The van der Waals surface area contributed by atoms with Crippen LogP contribution in [0.5, 0.6) is 0 Å².